The molecule has 0 aromatic rings. The van der Waals surface area contributed by atoms with E-state index in [2.05, 4.69) is 23.9 Å². The summed E-state index contributed by atoms with van der Waals surface area (Å²) in [6.45, 7) is 4.37. The van der Waals surface area contributed by atoms with Gasteiger partial charge < -0.3 is 5.73 Å². The van der Waals surface area contributed by atoms with Gasteiger partial charge in [-0.3, -0.25) is 5.84 Å². The highest BCUT2D eigenvalue weighted by atomic mass is 32.2. The van der Waals surface area contributed by atoms with Gasteiger partial charge in [-0.2, -0.15) is 0 Å². The smallest absolute Gasteiger partial charge is 0.252 e. The molecule has 0 rings (SSSR count). The lowest BCUT2D eigenvalue weighted by Gasteiger charge is -2.00. The Morgan fingerprint density at radius 2 is 2.33 bits per heavy atom. The van der Waals surface area contributed by atoms with Gasteiger partial charge in [0.25, 0.3) is 5.17 Å². The van der Waals surface area contributed by atoms with Crippen LogP contribution < -0.4 is 16.6 Å². The molecule has 0 aliphatic heterocycles. The number of nitrogens with two attached hydrogens (primary N) is 2. The molecule has 0 saturated carbocycles. The maximum Gasteiger partial charge on any atom is 0.252 e. The van der Waals surface area contributed by atoms with Gasteiger partial charge in [0, 0.05) is 5.75 Å². The first-order valence-corrected chi connectivity index (χ1v) is 4.89. The van der Waals surface area contributed by atoms with Crippen LogP contribution >= 0.6 is 11.8 Å². The highest BCUT2D eigenvalue weighted by Crippen LogP contribution is 2.06. The molecular weight excluding hydrogens is 172 g/mol. The number of hydrogen-bond donors (Lipinski definition) is 3. The number of hydrazone groups is 1. The van der Waals surface area contributed by atoms with Gasteiger partial charge in [-0.05, 0) is 17.4 Å². The number of nitrogens with zero attached hydrogens (tertiary/aromatic N) is 1. The van der Waals surface area contributed by atoms with E-state index in [1.54, 1.807) is 11.8 Å². The van der Waals surface area contributed by atoms with Crippen molar-refractivity contribution in [2.75, 3.05) is 5.75 Å². The summed E-state index contributed by atoms with van der Waals surface area (Å²) in [5, 5.41) is 3.91. The maximum absolute atomic E-state index is 5.57. The van der Waals surface area contributed by atoms with Crippen molar-refractivity contribution < 1.29 is 4.99 Å². The van der Waals surface area contributed by atoms with E-state index in [0.29, 0.717) is 11.1 Å². The molecule has 0 saturated heterocycles. The molecule has 5 heteroatoms. The Balaban J connectivity index is 3.49. The highest BCUT2D eigenvalue weighted by molar-refractivity contribution is 8.13. The second-order valence-electron chi connectivity index (χ2n) is 2.82. The zero-order chi connectivity index (χ0) is 9.40. The fourth-order valence-corrected chi connectivity index (χ4v) is 1.49. The minimum absolute atomic E-state index is 0.643. The van der Waals surface area contributed by atoms with Crippen LogP contribution in [0, 0.1) is 5.92 Å². The van der Waals surface area contributed by atoms with Crippen LogP contribution in [0.4, 0.5) is 0 Å². The lowest BCUT2D eigenvalue weighted by molar-refractivity contribution is -0.301. The zero-order valence-electron chi connectivity index (χ0n) is 7.58. The molecule has 0 unspecified atom stereocenters. The molecule has 0 spiro atoms. The molecule has 0 atom stereocenters. The second kappa shape index (κ2) is 6.97. The van der Waals surface area contributed by atoms with Gasteiger partial charge in [0.2, 0.25) is 6.34 Å². The molecule has 0 aliphatic rings. The molecule has 0 heterocycles. The average molecular weight is 189 g/mol. The van der Waals surface area contributed by atoms with Gasteiger partial charge in [-0.25, -0.2) is 4.99 Å². The Bertz CT molecular complexity index is 165. The lowest BCUT2D eigenvalue weighted by atomic mass is 10.2. The van der Waals surface area contributed by atoms with E-state index in [1.165, 1.54) is 6.34 Å². The molecule has 4 nitrogen and oxygen atoms in total. The van der Waals surface area contributed by atoms with Crippen molar-refractivity contribution in [2.24, 2.45) is 22.6 Å². The predicted molar refractivity (Wildman–Crippen MR) is 54.7 cm³/mol. The van der Waals surface area contributed by atoms with Crippen molar-refractivity contribution in [3.05, 3.63) is 0 Å². The fraction of sp³-hybridized carbons (Fsp3) is 0.714. The molecule has 0 aromatic heterocycles. The van der Waals surface area contributed by atoms with Gasteiger partial charge in [0.1, 0.15) is 0 Å². The first kappa shape index (κ1) is 11.3. The maximum atomic E-state index is 5.57. The summed E-state index contributed by atoms with van der Waals surface area (Å²) in [4.78, 5) is 2.75. The first-order valence-electron chi connectivity index (χ1n) is 3.90. The number of hydrogen-bond acceptors (Lipinski definition) is 3. The van der Waals surface area contributed by atoms with E-state index in [4.69, 9.17) is 11.6 Å². The van der Waals surface area contributed by atoms with Gasteiger partial charge >= 0.3 is 0 Å². The summed E-state index contributed by atoms with van der Waals surface area (Å²) in [6.07, 6.45) is 2.53. The quantitative estimate of drug-likeness (QED) is 0.231. The monoisotopic (exact) mass is 189 g/mol. The molecule has 12 heavy (non-hydrogen) atoms. The number of nitrogens with one attached hydrogen (secondary N) is 1. The van der Waals surface area contributed by atoms with E-state index in [9.17, 15) is 0 Å². The summed E-state index contributed by atoms with van der Waals surface area (Å²) in [5.41, 5.74) is 5.57. The Hall–Kier alpha value is -0.710. The Morgan fingerprint density at radius 1 is 1.67 bits per heavy atom. The lowest BCUT2D eigenvalue weighted by Crippen LogP contribution is -2.73. The topological polar surface area (TPSA) is 78.4 Å². The van der Waals surface area contributed by atoms with E-state index in [0.717, 1.165) is 12.2 Å². The molecule has 0 aliphatic carbocycles. The fourth-order valence-electron chi connectivity index (χ4n) is 0.547. The molecule has 0 fully saturated rings. The Labute approximate surface area is 77.5 Å². The van der Waals surface area contributed by atoms with Crippen LogP contribution in [0.5, 0.6) is 0 Å². The zero-order valence-corrected chi connectivity index (χ0v) is 8.40. The van der Waals surface area contributed by atoms with E-state index in [1.807, 2.05) is 0 Å². The van der Waals surface area contributed by atoms with Crippen molar-refractivity contribution in [3.8, 4) is 0 Å². The number of amidine groups is 1. The standard InChI is InChI=1S/C7H16N4S/c1-6(2)3-4-12-7(8)10-5-11-9/h5-6H,3-4,9H2,1-2H3,(H2,8,10,11)/p+1. The molecule has 5 N–H and O–H groups in total. The van der Waals surface area contributed by atoms with Crippen LogP contribution in [-0.4, -0.2) is 17.3 Å². The minimum Gasteiger partial charge on any atom is -0.313 e. The SMILES string of the molecule is CC(C)CCSC(N)=[NH+]/C=N/N. The summed E-state index contributed by atoms with van der Waals surface area (Å²) >= 11 is 1.58. The van der Waals surface area contributed by atoms with E-state index in [-0.39, 0.29) is 0 Å². The van der Waals surface area contributed by atoms with Crippen LogP contribution in [0.2, 0.25) is 0 Å². The summed E-state index contributed by atoms with van der Waals surface area (Å²) in [6, 6.07) is 0. The van der Waals surface area contributed by atoms with Crippen molar-refractivity contribution >= 4 is 23.3 Å². The second-order valence-corrected chi connectivity index (χ2v) is 3.95. The third-order valence-corrected chi connectivity index (χ3v) is 2.10. The molecule has 0 bridgehead atoms. The normalized spacial score (nSPS) is 13.1. The van der Waals surface area contributed by atoms with E-state index >= 15 is 0 Å². The van der Waals surface area contributed by atoms with Crippen LogP contribution in [0.1, 0.15) is 20.3 Å². The van der Waals surface area contributed by atoms with Crippen LogP contribution in [0.15, 0.2) is 5.10 Å². The van der Waals surface area contributed by atoms with Crippen LogP contribution in [0.25, 0.3) is 0 Å². The summed E-state index contributed by atoms with van der Waals surface area (Å²) < 4.78 is 0. The number of rotatable bonds is 4. The highest BCUT2D eigenvalue weighted by Gasteiger charge is 1.98. The van der Waals surface area contributed by atoms with Gasteiger partial charge in [-0.15, -0.1) is 0 Å². The third-order valence-electron chi connectivity index (χ3n) is 1.23. The number of thioether (sulfide) groups is 1. The first-order chi connectivity index (χ1) is 5.66. The van der Waals surface area contributed by atoms with Crippen molar-refractivity contribution in [2.45, 2.75) is 20.3 Å². The third kappa shape index (κ3) is 7.40. The van der Waals surface area contributed by atoms with Gasteiger partial charge in [-0.1, -0.05) is 25.6 Å². The molecular formula is C7H17N4S+. The summed E-state index contributed by atoms with van der Waals surface area (Å²) in [5.74, 6) is 6.62. The van der Waals surface area contributed by atoms with Crippen molar-refractivity contribution in [1.29, 1.82) is 0 Å². The Kier molecular flexibility index (Phi) is 6.55. The molecule has 0 aromatic carbocycles. The average Bonchev–Trinajstić information content (AvgIpc) is 2.00. The molecule has 0 amide bonds. The Morgan fingerprint density at radius 3 is 2.83 bits per heavy atom. The summed E-state index contributed by atoms with van der Waals surface area (Å²) in [7, 11) is 0. The van der Waals surface area contributed by atoms with E-state index < -0.39 is 0 Å². The van der Waals surface area contributed by atoms with Gasteiger partial charge in [0.05, 0.1) is 0 Å². The van der Waals surface area contributed by atoms with Crippen LogP contribution in [-0.2, 0) is 0 Å². The largest absolute Gasteiger partial charge is 0.313 e. The molecule has 70 valence electrons. The molecule has 0 radical (unpaired) electrons. The van der Waals surface area contributed by atoms with Crippen molar-refractivity contribution in [3.63, 3.8) is 0 Å². The predicted octanol–water partition coefficient (Wildman–Crippen LogP) is -0.937. The van der Waals surface area contributed by atoms with Crippen LogP contribution in [0.3, 0.4) is 0 Å². The van der Waals surface area contributed by atoms with Gasteiger partial charge in [0.15, 0.2) is 0 Å². The van der Waals surface area contributed by atoms with Crippen molar-refractivity contribution in [1.82, 2.24) is 0 Å². The minimum atomic E-state index is 0.643.